The van der Waals surface area contributed by atoms with Gasteiger partial charge in [-0.15, -0.1) is 0 Å². The molecule has 2 saturated heterocycles. The van der Waals surface area contributed by atoms with Crippen molar-refractivity contribution in [1.29, 1.82) is 0 Å². The highest BCUT2D eigenvalue weighted by molar-refractivity contribution is 9.10. The van der Waals surface area contributed by atoms with E-state index >= 15 is 0 Å². The van der Waals surface area contributed by atoms with Crippen LogP contribution in [0.1, 0.15) is 36.0 Å². The molecule has 126 valence electrons. The van der Waals surface area contributed by atoms with E-state index in [2.05, 4.69) is 30.7 Å². The Kier molecular flexibility index (Phi) is 6.36. The summed E-state index contributed by atoms with van der Waals surface area (Å²) in [7, 11) is 0. The predicted molar refractivity (Wildman–Crippen MR) is 99.0 cm³/mol. The third-order valence-corrected chi connectivity index (χ3v) is 6.20. The van der Waals surface area contributed by atoms with E-state index in [0.29, 0.717) is 11.6 Å². The summed E-state index contributed by atoms with van der Waals surface area (Å²) < 4.78 is 0.861. The van der Waals surface area contributed by atoms with E-state index in [9.17, 15) is 4.79 Å². The van der Waals surface area contributed by atoms with Gasteiger partial charge in [0.25, 0.3) is 5.91 Å². The molecule has 0 radical (unpaired) electrons. The van der Waals surface area contributed by atoms with Gasteiger partial charge in [-0.05, 0) is 60.1 Å². The third kappa shape index (κ3) is 4.70. The largest absolute Gasteiger partial charge is 0.333 e. The van der Waals surface area contributed by atoms with Gasteiger partial charge in [-0.3, -0.25) is 9.78 Å². The van der Waals surface area contributed by atoms with Crippen LogP contribution in [0.4, 0.5) is 0 Å². The molecule has 1 aromatic heterocycles. The number of carbonyl (C=O) groups is 1. The Labute approximate surface area is 151 Å². The quantitative estimate of drug-likeness (QED) is 0.783. The van der Waals surface area contributed by atoms with E-state index in [1.165, 1.54) is 32.4 Å². The zero-order chi connectivity index (χ0) is 16.1. The molecule has 2 aliphatic rings. The smallest absolute Gasteiger partial charge is 0.255 e. The SMILES string of the molecule is O=C(c1cncc(Br)c1)N1CCCSCC1CN1CCCCC1. The summed E-state index contributed by atoms with van der Waals surface area (Å²) in [5, 5.41) is 0. The van der Waals surface area contributed by atoms with Gasteiger partial charge in [0.05, 0.1) is 11.6 Å². The summed E-state index contributed by atoms with van der Waals surface area (Å²) in [6, 6.07) is 2.19. The third-order valence-electron chi connectivity index (χ3n) is 4.57. The Morgan fingerprint density at radius 1 is 1.22 bits per heavy atom. The van der Waals surface area contributed by atoms with Crippen molar-refractivity contribution in [2.24, 2.45) is 0 Å². The van der Waals surface area contributed by atoms with Crippen LogP contribution in [-0.2, 0) is 0 Å². The lowest BCUT2D eigenvalue weighted by molar-refractivity contribution is 0.0645. The predicted octanol–water partition coefficient (Wildman–Crippen LogP) is 3.28. The summed E-state index contributed by atoms with van der Waals surface area (Å²) in [5.74, 6) is 2.32. The van der Waals surface area contributed by atoms with Gasteiger partial charge in [0.1, 0.15) is 0 Å². The van der Waals surface area contributed by atoms with Crippen LogP contribution in [0.25, 0.3) is 0 Å². The average Bonchev–Trinajstić information content (AvgIpc) is 2.81. The fourth-order valence-corrected chi connectivity index (χ4v) is 4.80. The van der Waals surface area contributed by atoms with Gasteiger partial charge >= 0.3 is 0 Å². The van der Waals surface area contributed by atoms with Gasteiger partial charge in [-0.25, -0.2) is 0 Å². The van der Waals surface area contributed by atoms with Crippen LogP contribution in [0.3, 0.4) is 0 Å². The van der Waals surface area contributed by atoms with Crippen LogP contribution < -0.4 is 0 Å². The Morgan fingerprint density at radius 3 is 2.83 bits per heavy atom. The highest BCUT2D eigenvalue weighted by atomic mass is 79.9. The van der Waals surface area contributed by atoms with Crippen molar-refractivity contribution in [1.82, 2.24) is 14.8 Å². The first kappa shape index (κ1) is 17.2. The maximum Gasteiger partial charge on any atom is 0.255 e. The number of pyridine rings is 1. The molecule has 3 rings (SSSR count). The molecule has 0 N–H and O–H groups in total. The van der Waals surface area contributed by atoms with Crippen LogP contribution in [0.2, 0.25) is 0 Å². The first-order valence-electron chi connectivity index (χ1n) is 8.45. The van der Waals surface area contributed by atoms with Crippen molar-refractivity contribution >= 4 is 33.6 Å². The van der Waals surface area contributed by atoms with Crippen molar-refractivity contribution in [2.45, 2.75) is 31.7 Å². The molecule has 2 fully saturated rings. The second-order valence-electron chi connectivity index (χ2n) is 6.33. The molecule has 1 aromatic rings. The van der Waals surface area contributed by atoms with Crippen molar-refractivity contribution in [2.75, 3.05) is 37.7 Å². The van der Waals surface area contributed by atoms with E-state index in [-0.39, 0.29) is 5.91 Å². The van der Waals surface area contributed by atoms with Gasteiger partial charge in [-0.2, -0.15) is 11.8 Å². The number of nitrogens with zero attached hydrogens (tertiary/aromatic N) is 3. The summed E-state index contributed by atoms with van der Waals surface area (Å²) in [5.41, 5.74) is 0.690. The Balaban J connectivity index is 1.73. The fraction of sp³-hybridized carbons (Fsp3) is 0.647. The number of likely N-dealkylation sites (tertiary alicyclic amines) is 1. The van der Waals surface area contributed by atoms with Crippen molar-refractivity contribution < 1.29 is 4.79 Å². The average molecular weight is 398 g/mol. The molecule has 1 amide bonds. The van der Waals surface area contributed by atoms with Crippen LogP contribution in [-0.4, -0.2) is 64.4 Å². The van der Waals surface area contributed by atoms with Crippen LogP contribution in [0, 0.1) is 0 Å². The molecule has 0 aliphatic carbocycles. The standard InChI is InChI=1S/C17H24BrN3OS/c18-15-9-14(10-19-11-15)17(22)21-7-4-8-23-13-16(21)12-20-5-2-1-3-6-20/h9-11,16H,1-8,12-13H2. The molecule has 1 unspecified atom stereocenters. The van der Waals surface area contributed by atoms with Gasteiger partial charge in [-0.1, -0.05) is 6.42 Å². The molecule has 0 bridgehead atoms. The summed E-state index contributed by atoms with van der Waals surface area (Å²) in [4.78, 5) is 21.8. The zero-order valence-electron chi connectivity index (χ0n) is 13.4. The highest BCUT2D eigenvalue weighted by Crippen LogP contribution is 2.22. The van der Waals surface area contributed by atoms with E-state index < -0.39 is 0 Å². The Hall–Kier alpha value is -0.590. The number of thioether (sulfide) groups is 1. The summed E-state index contributed by atoms with van der Waals surface area (Å²) in [6.07, 6.45) is 8.42. The minimum atomic E-state index is 0.128. The summed E-state index contributed by atoms with van der Waals surface area (Å²) >= 11 is 5.41. The highest BCUT2D eigenvalue weighted by Gasteiger charge is 2.28. The number of carbonyl (C=O) groups excluding carboxylic acids is 1. The monoisotopic (exact) mass is 397 g/mol. The normalized spacial score (nSPS) is 23.5. The van der Waals surface area contributed by atoms with Gasteiger partial charge in [0.2, 0.25) is 0 Å². The minimum Gasteiger partial charge on any atom is -0.333 e. The lowest BCUT2D eigenvalue weighted by Gasteiger charge is -2.35. The topological polar surface area (TPSA) is 36.4 Å². The first-order chi connectivity index (χ1) is 11.2. The number of hydrogen-bond donors (Lipinski definition) is 0. The first-order valence-corrected chi connectivity index (χ1v) is 10.4. The number of hydrogen-bond acceptors (Lipinski definition) is 4. The lowest BCUT2D eigenvalue weighted by atomic mass is 10.1. The Morgan fingerprint density at radius 2 is 2.04 bits per heavy atom. The second kappa shape index (κ2) is 8.49. The Bertz CT molecular complexity index is 536. The van der Waals surface area contributed by atoms with Crippen molar-refractivity contribution in [3.05, 3.63) is 28.5 Å². The van der Waals surface area contributed by atoms with Crippen molar-refractivity contribution in [3.8, 4) is 0 Å². The van der Waals surface area contributed by atoms with Gasteiger partial charge in [0, 0.05) is 35.7 Å². The number of amides is 1. The number of aromatic nitrogens is 1. The minimum absolute atomic E-state index is 0.128. The zero-order valence-corrected chi connectivity index (χ0v) is 15.8. The lowest BCUT2D eigenvalue weighted by Crippen LogP contribution is -2.49. The maximum absolute atomic E-state index is 13.0. The molecule has 6 heteroatoms. The maximum atomic E-state index is 13.0. The molecule has 1 atom stereocenters. The van der Waals surface area contributed by atoms with Crippen LogP contribution in [0.5, 0.6) is 0 Å². The van der Waals surface area contributed by atoms with Crippen molar-refractivity contribution in [3.63, 3.8) is 0 Å². The van der Waals surface area contributed by atoms with E-state index in [1.807, 2.05) is 17.8 Å². The molecule has 0 saturated carbocycles. The van der Waals surface area contributed by atoms with E-state index in [0.717, 1.165) is 35.5 Å². The van der Waals surface area contributed by atoms with E-state index in [4.69, 9.17) is 0 Å². The molecule has 2 aliphatic heterocycles. The number of piperidine rings is 1. The summed E-state index contributed by atoms with van der Waals surface area (Å²) in [6.45, 7) is 4.24. The molecule has 23 heavy (non-hydrogen) atoms. The van der Waals surface area contributed by atoms with Crippen LogP contribution >= 0.6 is 27.7 Å². The van der Waals surface area contributed by atoms with E-state index in [1.54, 1.807) is 12.4 Å². The number of rotatable bonds is 3. The fourth-order valence-electron chi connectivity index (χ4n) is 3.38. The van der Waals surface area contributed by atoms with Gasteiger partial charge in [0.15, 0.2) is 0 Å². The number of halogens is 1. The molecule has 0 aromatic carbocycles. The molecular weight excluding hydrogens is 374 g/mol. The van der Waals surface area contributed by atoms with Crippen LogP contribution in [0.15, 0.2) is 22.9 Å². The molecule has 3 heterocycles. The molecule has 4 nitrogen and oxygen atoms in total. The molecule has 0 spiro atoms. The second-order valence-corrected chi connectivity index (χ2v) is 8.40. The molecular formula is C17H24BrN3OS. The van der Waals surface area contributed by atoms with Gasteiger partial charge < -0.3 is 9.80 Å².